The van der Waals surface area contributed by atoms with Crippen molar-refractivity contribution in [3.8, 4) is 11.5 Å². The van der Waals surface area contributed by atoms with Crippen molar-refractivity contribution in [1.29, 1.82) is 0 Å². The molecule has 0 fully saturated rings. The van der Waals surface area contributed by atoms with Crippen molar-refractivity contribution in [2.24, 2.45) is 0 Å². The van der Waals surface area contributed by atoms with Crippen LogP contribution in [0.2, 0.25) is 0 Å². The monoisotopic (exact) mass is 365 g/mol. The molecule has 2 aromatic heterocycles. The zero-order valence-electron chi connectivity index (χ0n) is 15.8. The topological polar surface area (TPSA) is 91.9 Å². The number of rotatable bonds is 4. The van der Waals surface area contributed by atoms with Crippen LogP contribution in [0, 0.1) is 6.92 Å². The Morgan fingerprint density at radius 1 is 1.04 bits per heavy atom. The highest BCUT2D eigenvalue weighted by atomic mass is 16.5. The van der Waals surface area contributed by atoms with E-state index in [1.165, 1.54) is 0 Å². The normalized spacial score (nSPS) is 11.1. The minimum Gasteiger partial charge on any atom is -0.456 e. The van der Waals surface area contributed by atoms with E-state index >= 15 is 0 Å². The summed E-state index contributed by atoms with van der Waals surface area (Å²) in [4.78, 5) is 16.3. The molecule has 0 saturated heterocycles. The fraction of sp³-hybridized carbons (Fsp3) is 0.250. The van der Waals surface area contributed by atoms with Gasteiger partial charge in [-0.15, -0.1) is 0 Å². The maximum Gasteiger partial charge on any atom is 0.324 e. The first-order valence-corrected chi connectivity index (χ1v) is 8.64. The molecule has 27 heavy (non-hydrogen) atoms. The van der Waals surface area contributed by atoms with Crippen LogP contribution in [0.3, 0.4) is 0 Å². The van der Waals surface area contributed by atoms with Gasteiger partial charge >= 0.3 is 6.03 Å². The Kier molecular flexibility index (Phi) is 5.12. The summed E-state index contributed by atoms with van der Waals surface area (Å²) in [6.45, 7) is 8.10. The highest BCUT2D eigenvalue weighted by molar-refractivity contribution is 5.99. The highest BCUT2D eigenvalue weighted by Gasteiger charge is 2.18. The Morgan fingerprint density at radius 3 is 2.33 bits per heavy atom. The van der Waals surface area contributed by atoms with Crippen molar-refractivity contribution in [3.63, 3.8) is 0 Å². The van der Waals surface area contributed by atoms with Crippen molar-refractivity contribution in [1.82, 2.24) is 15.2 Å². The quantitative estimate of drug-likeness (QED) is 0.616. The second-order valence-corrected chi connectivity index (χ2v) is 7.26. The van der Waals surface area contributed by atoms with Crippen LogP contribution in [0.25, 0.3) is 0 Å². The number of carbonyl (C=O) groups is 1. The minimum atomic E-state index is -0.351. The highest BCUT2D eigenvalue weighted by Crippen LogP contribution is 2.23. The number of aryl methyl sites for hydroxylation is 1. The first-order valence-electron chi connectivity index (χ1n) is 8.64. The van der Waals surface area contributed by atoms with E-state index in [2.05, 4.69) is 46.6 Å². The standard InChI is InChI=1S/C20H23N5O2/c1-13-5-8-16(12-21-13)27-15-9-6-14(7-10-15)22-19(26)23-18-11-17(24-25-18)20(2,3)4/h5-12H,1-4H3,(H3,22,23,24,25,26). The van der Waals surface area contributed by atoms with Gasteiger partial charge in [0.15, 0.2) is 0 Å². The number of anilines is 2. The molecule has 0 radical (unpaired) electrons. The number of carbonyl (C=O) groups excluding carboxylic acids is 1. The van der Waals surface area contributed by atoms with E-state index in [1.54, 1.807) is 30.5 Å². The molecular formula is C20H23N5O2. The molecule has 3 rings (SSSR count). The average molecular weight is 365 g/mol. The van der Waals surface area contributed by atoms with Gasteiger partial charge < -0.3 is 10.1 Å². The number of hydrogen-bond acceptors (Lipinski definition) is 4. The summed E-state index contributed by atoms with van der Waals surface area (Å²) in [7, 11) is 0. The van der Waals surface area contributed by atoms with Gasteiger partial charge in [-0.3, -0.25) is 15.4 Å². The predicted octanol–water partition coefficient (Wildman–Crippen LogP) is 4.85. The molecule has 0 aliphatic rings. The van der Waals surface area contributed by atoms with Gasteiger partial charge in [-0.2, -0.15) is 5.10 Å². The average Bonchev–Trinajstić information content (AvgIpc) is 3.07. The largest absolute Gasteiger partial charge is 0.456 e. The first-order chi connectivity index (χ1) is 12.8. The molecule has 0 unspecified atom stereocenters. The molecule has 7 heteroatoms. The molecule has 7 nitrogen and oxygen atoms in total. The van der Waals surface area contributed by atoms with Gasteiger partial charge in [0.05, 0.1) is 11.9 Å². The zero-order valence-corrected chi connectivity index (χ0v) is 15.8. The number of nitrogens with zero attached hydrogens (tertiary/aromatic N) is 2. The fourth-order valence-corrected chi connectivity index (χ4v) is 2.31. The van der Waals surface area contributed by atoms with Crippen LogP contribution in [0.5, 0.6) is 11.5 Å². The summed E-state index contributed by atoms with van der Waals surface area (Å²) in [5.41, 5.74) is 2.37. The second kappa shape index (κ2) is 7.49. The van der Waals surface area contributed by atoms with E-state index in [-0.39, 0.29) is 11.4 Å². The predicted molar refractivity (Wildman–Crippen MR) is 105 cm³/mol. The van der Waals surface area contributed by atoms with Gasteiger partial charge in [0.2, 0.25) is 0 Å². The fourth-order valence-electron chi connectivity index (χ4n) is 2.31. The number of H-pyrrole nitrogens is 1. The Hall–Kier alpha value is -3.35. The maximum atomic E-state index is 12.1. The minimum absolute atomic E-state index is 0.0876. The van der Waals surface area contributed by atoms with Crippen LogP contribution in [0.1, 0.15) is 32.2 Å². The third kappa shape index (κ3) is 5.07. The van der Waals surface area contributed by atoms with E-state index < -0.39 is 0 Å². The molecule has 0 atom stereocenters. The van der Waals surface area contributed by atoms with Crippen molar-refractivity contribution >= 4 is 17.5 Å². The number of pyridine rings is 1. The van der Waals surface area contributed by atoms with Crippen LogP contribution < -0.4 is 15.4 Å². The smallest absolute Gasteiger partial charge is 0.324 e. The first kappa shape index (κ1) is 18.4. The SMILES string of the molecule is Cc1ccc(Oc2ccc(NC(=O)Nc3cc(C(C)(C)C)n[nH]3)cc2)cn1. The van der Waals surface area contributed by atoms with Crippen molar-refractivity contribution in [2.45, 2.75) is 33.1 Å². The second-order valence-electron chi connectivity index (χ2n) is 7.26. The maximum absolute atomic E-state index is 12.1. The van der Waals surface area contributed by atoms with Gasteiger partial charge in [-0.25, -0.2) is 4.79 Å². The molecule has 1 aromatic carbocycles. The Bertz CT molecular complexity index is 909. The zero-order chi connectivity index (χ0) is 19.4. The molecule has 0 spiro atoms. The molecule has 0 aliphatic carbocycles. The summed E-state index contributed by atoms with van der Waals surface area (Å²) in [5.74, 6) is 1.87. The van der Waals surface area contributed by atoms with Gasteiger partial charge in [0, 0.05) is 22.9 Å². The lowest BCUT2D eigenvalue weighted by molar-refractivity contribution is 0.262. The molecule has 0 saturated carbocycles. The Balaban J connectivity index is 1.56. The van der Waals surface area contributed by atoms with Gasteiger partial charge in [0.25, 0.3) is 0 Å². The molecule has 3 N–H and O–H groups in total. The Morgan fingerprint density at radius 2 is 1.74 bits per heavy atom. The summed E-state index contributed by atoms with van der Waals surface area (Å²) in [6.07, 6.45) is 1.67. The van der Waals surface area contributed by atoms with Crippen LogP contribution in [0.4, 0.5) is 16.3 Å². The van der Waals surface area contributed by atoms with Gasteiger partial charge in [-0.1, -0.05) is 20.8 Å². The molecule has 0 aliphatic heterocycles. The number of hydrogen-bond donors (Lipinski definition) is 3. The third-order valence-electron chi connectivity index (χ3n) is 3.83. The number of ether oxygens (including phenoxy) is 1. The van der Waals surface area contributed by atoms with E-state index in [4.69, 9.17) is 4.74 Å². The van der Waals surface area contributed by atoms with E-state index in [9.17, 15) is 4.79 Å². The molecular weight excluding hydrogens is 342 g/mol. The summed E-state index contributed by atoms with van der Waals surface area (Å²) >= 11 is 0. The van der Waals surface area contributed by atoms with Crippen molar-refractivity contribution in [3.05, 3.63) is 60.0 Å². The summed E-state index contributed by atoms with van der Waals surface area (Å²) in [6, 6.07) is 12.3. The number of aromatic amines is 1. The van der Waals surface area contributed by atoms with Crippen LogP contribution in [0.15, 0.2) is 48.7 Å². The lowest BCUT2D eigenvalue weighted by atomic mass is 9.92. The van der Waals surface area contributed by atoms with E-state index in [1.807, 2.05) is 25.1 Å². The number of amides is 2. The lowest BCUT2D eigenvalue weighted by Gasteiger charge is -2.13. The summed E-state index contributed by atoms with van der Waals surface area (Å²) < 4.78 is 5.72. The van der Waals surface area contributed by atoms with Crippen molar-refractivity contribution in [2.75, 3.05) is 10.6 Å². The number of nitrogens with one attached hydrogen (secondary N) is 3. The number of urea groups is 1. The van der Waals surface area contributed by atoms with E-state index in [0.717, 1.165) is 11.4 Å². The molecule has 3 aromatic rings. The number of aromatic nitrogens is 3. The molecule has 0 bridgehead atoms. The van der Waals surface area contributed by atoms with Crippen LogP contribution in [-0.4, -0.2) is 21.2 Å². The van der Waals surface area contributed by atoms with Crippen LogP contribution >= 0.6 is 0 Å². The van der Waals surface area contributed by atoms with Crippen LogP contribution in [-0.2, 0) is 5.41 Å². The third-order valence-corrected chi connectivity index (χ3v) is 3.83. The molecule has 2 amide bonds. The molecule has 140 valence electrons. The lowest BCUT2D eigenvalue weighted by Crippen LogP contribution is -2.19. The summed E-state index contributed by atoms with van der Waals surface area (Å²) in [5, 5.41) is 12.5. The number of benzene rings is 1. The van der Waals surface area contributed by atoms with Gasteiger partial charge in [0.1, 0.15) is 17.3 Å². The van der Waals surface area contributed by atoms with Gasteiger partial charge in [-0.05, 0) is 43.3 Å². The van der Waals surface area contributed by atoms with E-state index in [0.29, 0.717) is 23.0 Å². The molecule has 2 heterocycles. The Labute approximate surface area is 158 Å². The van der Waals surface area contributed by atoms with Crippen molar-refractivity contribution < 1.29 is 9.53 Å².